The van der Waals surface area contributed by atoms with Gasteiger partial charge in [-0.15, -0.1) is 0 Å². The highest BCUT2D eigenvalue weighted by Crippen LogP contribution is 2.58. The Morgan fingerprint density at radius 3 is 2.56 bits per heavy atom. The van der Waals surface area contributed by atoms with Gasteiger partial charge in [-0.1, -0.05) is 13.8 Å². The fourth-order valence-corrected chi connectivity index (χ4v) is 7.15. The summed E-state index contributed by atoms with van der Waals surface area (Å²) in [7, 11) is 0. The number of hydrogen-bond donors (Lipinski definition) is 3. The van der Waals surface area contributed by atoms with Crippen LogP contribution in [0, 0.1) is 29.6 Å². The number of carbonyl (C=O) groups is 2. The molecule has 1 aromatic rings. The highest BCUT2D eigenvalue weighted by atomic mass is 16.5. The van der Waals surface area contributed by atoms with Crippen molar-refractivity contribution in [2.24, 2.45) is 29.6 Å². The second kappa shape index (κ2) is 11.1. The lowest BCUT2D eigenvalue weighted by atomic mass is 9.50. The molecule has 6 rings (SSSR count). The Balaban J connectivity index is 1.25. The number of urea groups is 1. The maximum atomic E-state index is 13.4. The van der Waals surface area contributed by atoms with Crippen LogP contribution >= 0.6 is 0 Å². The van der Waals surface area contributed by atoms with E-state index in [1.54, 1.807) is 22.0 Å². The van der Waals surface area contributed by atoms with E-state index in [1.807, 2.05) is 19.9 Å². The zero-order chi connectivity index (χ0) is 27.8. The van der Waals surface area contributed by atoms with Crippen molar-refractivity contribution < 1.29 is 24.2 Å². The number of amides is 3. The first-order valence-corrected chi connectivity index (χ1v) is 14.6. The fraction of sp³-hybridized carbons (Fsp3) is 0.759. The first kappa shape index (κ1) is 28.0. The Kier molecular flexibility index (Phi) is 7.97. The predicted molar refractivity (Wildman–Crippen MR) is 147 cm³/mol. The summed E-state index contributed by atoms with van der Waals surface area (Å²) in [6.07, 6.45) is 10.2. The number of nitrogens with zero attached hydrogens (tertiary/aromatic N) is 3. The summed E-state index contributed by atoms with van der Waals surface area (Å²) in [6, 6.07) is -0.137. The van der Waals surface area contributed by atoms with Crippen molar-refractivity contribution in [2.75, 3.05) is 39.5 Å². The molecule has 2 atom stereocenters. The molecule has 1 aliphatic heterocycles. The molecule has 4 bridgehead atoms. The zero-order valence-electron chi connectivity index (χ0n) is 23.8. The van der Waals surface area contributed by atoms with Crippen molar-refractivity contribution in [3.05, 3.63) is 17.8 Å². The largest absolute Gasteiger partial charge is 0.477 e. The third-order valence-corrected chi connectivity index (χ3v) is 8.84. The molecule has 10 heteroatoms. The van der Waals surface area contributed by atoms with Crippen LogP contribution in [0.2, 0.25) is 0 Å². The third-order valence-electron chi connectivity index (χ3n) is 8.84. The van der Waals surface area contributed by atoms with E-state index in [1.165, 1.54) is 12.8 Å². The molecule has 5 aliphatic rings. The summed E-state index contributed by atoms with van der Waals surface area (Å²) in [5.74, 6) is 2.50. The molecule has 0 spiro atoms. The smallest absolute Gasteiger partial charge is 0.318 e. The van der Waals surface area contributed by atoms with E-state index in [2.05, 4.69) is 29.6 Å². The molecule has 2 unspecified atom stereocenters. The lowest BCUT2D eigenvalue weighted by Crippen LogP contribution is -2.56. The van der Waals surface area contributed by atoms with E-state index >= 15 is 0 Å². The average Bonchev–Trinajstić information content (AvgIpc) is 3.28. The summed E-state index contributed by atoms with van der Waals surface area (Å²) < 4.78 is 13.0. The molecule has 2 heterocycles. The van der Waals surface area contributed by atoms with Crippen LogP contribution in [0.3, 0.4) is 0 Å². The van der Waals surface area contributed by atoms with Gasteiger partial charge in [0.05, 0.1) is 37.2 Å². The van der Waals surface area contributed by atoms with Gasteiger partial charge in [0.2, 0.25) is 5.88 Å². The van der Waals surface area contributed by atoms with Gasteiger partial charge in [-0.05, 0) is 81.6 Å². The number of hydrogen-bond acceptors (Lipinski definition) is 6. The van der Waals surface area contributed by atoms with Crippen LogP contribution in [-0.4, -0.2) is 82.3 Å². The standard InChI is InChI=1S/C29H45N5O5/c1-19(2)18-39-26-24(25(35)30-16-23-21-11-20-12-22(23)15-29(37,13-20)14-21)17-31-34(26)6-5-28(3,4)32-27(36)33-7-9-38-10-8-33/h5-6,17,19-23,37H,7-16,18H2,1-4H3,(H,30,35)(H,32,36)/b6-5+. The normalized spacial score (nSPS) is 30.3. The quantitative estimate of drug-likeness (QED) is 0.441. The highest BCUT2D eigenvalue weighted by molar-refractivity contribution is 5.96. The van der Waals surface area contributed by atoms with Gasteiger partial charge in [-0.2, -0.15) is 5.10 Å². The average molecular weight is 544 g/mol. The maximum Gasteiger partial charge on any atom is 0.318 e. The zero-order valence-corrected chi connectivity index (χ0v) is 23.8. The second-order valence-electron chi connectivity index (χ2n) is 13.1. The lowest BCUT2D eigenvalue weighted by molar-refractivity contribution is -0.150. The molecule has 39 heavy (non-hydrogen) atoms. The van der Waals surface area contributed by atoms with E-state index < -0.39 is 11.1 Å². The minimum atomic E-state index is -0.650. The molecule has 4 aliphatic carbocycles. The van der Waals surface area contributed by atoms with Crippen molar-refractivity contribution in [1.82, 2.24) is 25.3 Å². The Morgan fingerprint density at radius 2 is 1.92 bits per heavy atom. The molecule has 4 saturated carbocycles. The first-order valence-electron chi connectivity index (χ1n) is 14.6. The number of morpholine rings is 1. The molecule has 1 aromatic heterocycles. The van der Waals surface area contributed by atoms with Gasteiger partial charge in [0.15, 0.2) is 0 Å². The van der Waals surface area contributed by atoms with E-state index in [0.29, 0.717) is 74.6 Å². The van der Waals surface area contributed by atoms with Crippen LogP contribution in [-0.2, 0) is 4.74 Å². The Hall–Kier alpha value is -2.59. The van der Waals surface area contributed by atoms with Gasteiger partial charge in [0, 0.05) is 25.8 Å². The summed E-state index contributed by atoms with van der Waals surface area (Å²) in [6.45, 7) is 11.2. The van der Waals surface area contributed by atoms with Gasteiger partial charge < -0.3 is 30.1 Å². The molecule has 216 valence electrons. The monoisotopic (exact) mass is 543 g/mol. The Bertz CT molecular complexity index is 1060. The van der Waals surface area contributed by atoms with Crippen LogP contribution in [0.25, 0.3) is 6.20 Å². The van der Waals surface area contributed by atoms with Crippen LogP contribution in [0.4, 0.5) is 4.79 Å². The third kappa shape index (κ3) is 6.43. The molecule has 0 aromatic carbocycles. The van der Waals surface area contributed by atoms with Crippen molar-refractivity contribution in [3.8, 4) is 5.88 Å². The summed E-state index contributed by atoms with van der Waals surface area (Å²) in [5.41, 5.74) is -0.724. The van der Waals surface area contributed by atoms with Crippen LogP contribution < -0.4 is 15.4 Å². The number of ether oxygens (including phenoxy) is 2. The van der Waals surface area contributed by atoms with Crippen molar-refractivity contribution >= 4 is 18.1 Å². The molecule has 5 fully saturated rings. The van der Waals surface area contributed by atoms with Crippen LogP contribution in [0.15, 0.2) is 12.3 Å². The molecule has 1 saturated heterocycles. The Morgan fingerprint density at radius 1 is 1.23 bits per heavy atom. The molecule has 10 nitrogen and oxygen atoms in total. The van der Waals surface area contributed by atoms with Gasteiger partial charge in [0.25, 0.3) is 5.91 Å². The maximum absolute atomic E-state index is 13.4. The van der Waals surface area contributed by atoms with Gasteiger partial charge >= 0.3 is 6.03 Å². The second-order valence-corrected chi connectivity index (χ2v) is 13.1. The summed E-state index contributed by atoms with van der Waals surface area (Å²) in [4.78, 5) is 27.8. The SMILES string of the molecule is CC(C)COc1c(C(=O)NCC2C3CC4CC2CC(O)(C4)C3)cnn1/C=C/C(C)(C)NC(=O)N1CCOCC1. The van der Waals surface area contributed by atoms with E-state index in [0.717, 1.165) is 19.3 Å². The van der Waals surface area contributed by atoms with Gasteiger partial charge in [0.1, 0.15) is 5.56 Å². The molecule has 3 amide bonds. The minimum absolute atomic E-state index is 0.137. The number of nitrogens with one attached hydrogen (secondary N) is 2. The number of carbonyl (C=O) groups excluding carboxylic acids is 2. The van der Waals surface area contributed by atoms with Gasteiger partial charge in [-0.25, -0.2) is 9.48 Å². The van der Waals surface area contributed by atoms with Gasteiger partial charge in [-0.3, -0.25) is 4.79 Å². The topological polar surface area (TPSA) is 118 Å². The molecule has 3 N–H and O–H groups in total. The molecular formula is C29H45N5O5. The predicted octanol–water partition coefficient (Wildman–Crippen LogP) is 3.13. The van der Waals surface area contributed by atoms with E-state index in [9.17, 15) is 14.7 Å². The molecule has 0 radical (unpaired) electrons. The van der Waals surface area contributed by atoms with Crippen LogP contribution in [0.5, 0.6) is 5.88 Å². The molecular weight excluding hydrogens is 498 g/mol. The number of rotatable bonds is 9. The summed E-state index contributed by atoms with van der Waals surface area (Å²) in [5, 5.41) is 21.5. The van der Waals surface area contributed by atoms with Crippen molar-refractivity contribution in [2.45, 2.75) is 70.9 Å². The van der Waals surface area contributed by atoms with Crippen LogP contribution in [0.1, 0.15) is 70.2 Å². The van der Waals surface area contributed by atoms with Crippen molar-refractivity contribution in [1.29, 1.82) is 0 Å². The Labute approximate surface area is 231 Å². The number of aromatic nitrogens is 2. The number of aliphatic hydroxyl groups is 1. The van der Waals surface area contributed by atoms with E-state index in [-0.39, 0.29) is 17.9 Å². The fourth-order valence-electron chi connectivity index (χ4n) is 7.15. The van der Waals surface area contributed by atoms with Crippen molar-refractivity contribution in [3.63, 3.8) is 0 Å². The first-order chi connectivity index (χ1) is 18.5. The lowest BCUT2D eigenvalue weighted by Gasteiger charge is -2.58. The van der Waals surface area contributed by atoms with E-state index in [4.69, 9.17) is 9.47 Å². The highest BCUT2D eigenvalue weighted by Gasteiger charge is 2.54. The minimum Gasteiger partial charge on any atom is -0.477 e. The summed E-state index contributed by atoms with van der Waals surface area (Å²) >= 11 is 0.